The summed E-state index contributed by atoms with van der Waals surface area (Å²) in [5.74, 6) is -0.0991. The number of benzene rings is 1. The van der Waals surface area contributed by atoms with Crippen molar-refractivity contribution < 1.29 is 18.4 Å². The van der Waals surface area contributed by atoms with E-state index in [-0.39, 0.29) is 28.9 Å². The largest absolute Gasteiger partial charge is 0.449 e. The first-order valence-corrected chi connectivity index (χ1v) is 12.8. The number of piperazine rings is 1. The molecule has 1 fully saturated rings. The number of nitrogens with zero attached hydrogens (tertiary/aromatic N) is 5. The van der Waals surface area contributed by atoms with Crippen LogP contribution in [0.5, 0.6) is 0 Å². The third kappa shape index (κ3) is 4.78. The molecule has 4 heterocycles. The summed E-state index contributed by atoms with van der Waals surface area (Å²) in [6.07, 6.45) is 0. The molecule has 0 bridgehead atoms. The summed E-state index contributed by atoms with van der Waals surface area (Å²) in [4.78, 5) is 34.8. The summed E-state index contributed by atoms with van der Waals surface area (Å²) in [7, 11) is 0. The van der Waals surface area contributed by atoms with Gasteiger partial charge in [0.25, 0.3) is 5.91 Å². The molecule has 2 amide bonds. The smallest absolute Gasteiger partial charge is 0.311 e. The van der Waals surface area contributed by atoms with E-state index in [0.29, 0.717) is 41.6 Å². The summed E-state index contributed by atoms with van der Waals surface area (Å²) >= 11 is 6.08. The molecule has 1 saturated heterocycles. The van der Waals surface area contributed by atoms with Crippen LogP contribution in [0.4, 0.5) is 0 Å². The lowest BCUT2D eigenvalue weighted by atomic mass is 9.86. The van der Waals surface area contributed by atoms with Gasteiger partial charge in [0.15, 0.2) is 11.3 Å². The predicted octanol–water partition coefficient (Wildman–Crippen LogP) is 5.51. The van der Waals surface area contributed by atoms with Crippen LogP contribution in [0.1, 0.15) is 67.3 Å². The lowest BCUT2D eigenvalue weighted by molar-refractivity contribution is 0.0136. The van der Waals surface area contributed by atoms with Crippen LogP contribution in [0.2, 0.25) is 5.02 Å². The van der Waals surface area contributed by atoms with E-state index in [0.717, 1.165) is 16.8 Å². The molecule has 10 heteroatoms. The van der Waals surface area contributed by atoms with Crippen molar-refractivity contribution in [2.75, 3.05) is 19.6 Å². The number of hydrogen-bond acceptors (Lipinski definition) is 7. The van der Waals surface area contributed by atoms with E-state index < -0.39 is 5.54 Å². The zero-order valence-corrected chi connectivity index (χ0v) is 23.1. The molecular formula is C28H30ClN5O4. The maximum atomic E-state index is 13.7. The quantitative estimate of drug-likeness (QED) is 0.340. The van der Waals surface area contributed by atoms with Gasteiger partial charge in [-0.2, -0.15) is 0 Å². The second-order valence-corrected chi connectivity index (χ2v) is 11.7. The maximum Gasteiger partial charge on any atom is 0.311 e. The number of carbonyl (C=O) groups is 2. The Hall–Kier alpha value is -3.72. The zero-order valence-electron chi connectivity index (χ0n) is 22.3. The van der Waals surface area contributed by atoms with Gasteiger partial charge in [-0.05, 0) is 37.5 Å². The Morgan fingerprint density at radius 1 is 1.00 bits per heavy atom. The molecule has 3 aromatic heterocycles. The summed E-state index contributed by atoms with van der Waals surface area (Å²) in [6.45, 7) is 12.7. The van der Waals surface area contributed by atoms with Gasteiger partial charge in [-0.1, -0.05) is 44.5 Å². The van der Waals surface area contributed by atoms with Gasteiger partial charge in [0.1, 0.15) is 5.52 Å². The highest BCUT2D eigenvalue weighted by atomic mass is 35.5. The van der Waals surface area contributed by atoms with Crippen LogP contribution < -0.4 is 0 Å². The Kier molecular flexibility index (Phi) is 6.30. The van der Waals surface area contributed by atoms with E-state index >= 15 is 0 Å². The predicted molar refractivity (Wildman–Crippen MR) is 143 cm³/mol. The Morgan fingerprint density at radius 2 is 1.71 bits per heavy atom. The molecule has 5 rings (SSSR count). The van der Waals surface area contributed by atoms with Crippen molar-refractivity contribution in [3.05, 3.63) is 64.5 Å². The van der Waals surface area contributed by atoms with Crippen LogP contribution >= 0.6 is 11.6 Å². The fraction of sp³-hybridized carbons (Fsp3) is 0.393. The molecule has 1 aromatic carbocycles. The number of carbonyl (C=O) groups excluding carboxylic acids is 2. The van der Waals surface area contributed by atoms with Gasteiger partial charge in [-0.3, -0.25) is 9.59 Å². The molecule has 0 saturated carbocycles. The Morgan fingerprint density at radius 3 is 2.32 bits per heavy atom. The third-order valence-corrected chi connectivity index (χ3v) is 7.03. The molecule has 0 N–H and O–H groups in total. The highest BCUT2D eigenvalue weighted by Gasteiger charge is 2.41. The number of halogens is 1. The summed E-state index contributed by atoms with van der Waals surface area (Å²) in [5.41, 5.74) is 2.96. The molecule has 1 aliphatic rings. The minimum atomic E-state index is -0.659. The van der Waals surface area contributed by atoms with Gasteiger partial charge in [0.05, 0.1) is 11.2 Å². The van der Waals surface area contributed by atoms with Crippen LogP contribution in [0.25, 0.3) is 22.4 Å². The van der Waals surface area contributed by atoms with Crippen LogP contribution in [0, 0.1) is 6.92 Å². The lowest BCUT2D eigenvalue weighted by Gasteiger charge is -2.46. The molecular weight excluding hydrogens is 506 g/mol. The lowest BCUT2D eigenvalue weighted by Crippen LogP contribution is -2.62. The SMILES string of the molecule is Cc1nnc(C(=O)N2CCN(C(=O)c3cc4nc(-c5ccc(Cl)cc5)cc(C(C)(C)C)c4o3)C(C)(C)C2)o1. The molecule has 38 heavy (non-hydrogen) atoms. The van der Waals surface area contributed by atoms with Crippen molar-refractivity contribution in [1.82, 2.24) is 25.0 Å². The van der Waals surface area contributed by atoms with Gasteiger partial charge >= 0.3 is 11.8 Å². The Labute approximate surface area is 225 Å². The molecule has 1 aliphatic heterocycles. The van der Waals surface area contributed by atoms with E-state index in [2.05, 4.69) is 31.0 Å². The minimum Gasteiger partial charge on any atom is -0.449 e. The number of rotatable bonds is 3. The van der Waals surface area contributed by atoms with Crippen molar-refractivity contribution in [3.63, 3.8) is 0 Å². The van der Waals surface area contributed by atoms with Crippen molar-refractivity contribution in [3.8, 4) is 11.3 Å². The first kappa shape index (κ1) is 25.9. The Bertz CT molecular complexity index is 1530. The van der Waals surface area contributed by atoms with Gasteiger partial charge in [0.2, 0.25) is 5.89 Å². The standard InChI is InChI=1S/C28H30ClN5O4/c1-16-31-32-24(37-16)26(36)33-11-12-34(28(5,6)15-33)25(35)22-14-21-23(38-22)19(27(2,3)4)13-20(30-21)17-7-9-18(29)10-8-17/h7-10,13-14H,11-12,15H2,1-6H3. The third-order valence-electron chi connectivity index (χ3n) is 6.78. The first-order valence-electron chi connectivity index (χ1n) is 12.5. The van der Waals surface area contributed by atoms with E-state index in [1.807, 2.05) is 44.2 Å². The normalized spacial score (nSPS) is 15.8. The number of aryl methyl sites for hydroxylation is 1. The number of aromatic nitrogens is 3. The minimum absolute atomic E-state index is 0.0485. The fourth-order valence-corrected chi connectivity index (χ4v) is 4.93. The molecule has 198 valence electrons. The van der Waals surface area contributed by atoms with Crippen LogP contribution in [0.3, 0.4) is 0 Å². The molecule has 9 nitrogen and oxygen atoms in total. The molecule has 0 spiro atoms. The highest BCUT2D eigenvalue weighted by molar-refractivity contribution is 6.30. The first-order chi connectivity index (χ1) is 17.8. The van der Waals surface area contributed by atoms with E-state index in [9.17, 15) is 9.59 Å². The van der Waals surface area contributed by atoms with E-state index in [4.69, 9.17) is 25.4 Å². The molecule has 0 radical (unpaired) electrons. The highest BCUT2D eigenvalue weighted by Crippen LogP contribution is 2.36. The zero-order chi connectivity index (χ0) is 27.4. The summed E-state index contributed by atoms with van der Waals surface area (Å²) in [5, 5.41) is 8.23. The topological polar surface area (TPSA) is 106 Å². The number of furan rings is 1. The average Bonchev–Trinajstić information content (AvgIpc) is 3.48. The van der Waals surface area contributed by atoms with Gasteiger partial charge in [0, 0.05) is 48.8 Å². The molecule has 4 aromatic rings. The number of pyridine rings is 1. The fourth-order valence-electron chi connectivity index (χ4n) is 4.81. The van der Waals surface area contributed by atoms with Gasteiger partial charge in [-0.15, -0.1) is 10.2 Å². The van der Waals surface area contributed by atoms with E-state index in [1.165, 1.54) is 0 Å². The van der Waals surface area contributed by atoms with Crippen LogP contribution in [-0.4, -0.2) is 62.0 Å². The van der Waals surface area contributed by atoms with Crippen molar-refractivity contribution >= 4 is 34.5 Å². The average molecular weight is 536 g/mol. The van der Waals surface area contributed by atoms with E-state index in [1.54, 1.807) is 22.8 Å². The maximum absolute atomic E-state index is 13.7. The number of amides is 2. The van der Waals surface area contributed by atoms with Crippen LogP contribution in [0.15, 0.2) is 45.2 Å². The van der Waals surface area contributed by atoms with Crippen molar-refractivity contribution in [1.29, 1.82) is 0 Å². The number of hydrogen-bond donors (Lipinski definition) is 0. The Balaban J connectivity index is 1.46. The molecule has 0 atom stereocenters. The summed E-state index contributed by atoms with van der Waals surface area (Å²) in [6, 6.07) is 11.2. The van der Waals surface area contributed by atoms with Crippen LogP contribution in [-0.2, 0) is 5.41 Å². The van der Waals surface area contributed by atoms with Crippen molar-refractivity contribution in [2.24, 2.45) is 0 Å². The summed E-state index contributed by atoms with van der Waals surface area (Å²) < 4.78 is 11.5. The van der Waals surface area contributed by atoms with Gasteiger partial charge < -0.3 is 18.6 Å². The van der Waals surface area contributed by atoms with Crippen molar-refractivity contribution in [2.45, 2.75) is 52.5 Å². The second-order valence-electron chi connectivity index (χ2n) is 11.3. The molecule has 0 unspecified atom stereocenters. The monoisotopic (exact) mass is 535 g/mol. The molecule has 0 aliphatic carbocycles. The second kappa shape index (κ2) is 9.23. The van der Waals surface area contributed by atoms with Gasteiger partial charge in [-0.25, -0.2) is 4.98 Å². The number of fused-ring (bicyclic) bond motifs is 1.